The fourth-order valence-electron chi connectivity index (χ4n) is 0.704. The van der Waals surface area contributed by atoms with E-state index in [0.29, 0.717) is 5.69 Å². The molecule has 0 radical (unpaired) electrons. The fraction of sp³-hybridized carbons (Fsp3) is 0.125. The highest BCUT2D eigenvalue weighted by Crippen LogP contribution is 2.04. The van der Waals surface area contributed by atoms with Crippen LogP contribution in [0.4, 0.5) is 0 Å². The molecular weight excluding hydrogens is 126 g/mol. The minimum absolute atomic E-state index is 0.0173. The van der Waals surface area contributed by atoms with E-state index in [1.54, 1.807) is 6.07 Å². The molecule has 2 nitrogen and oxygen atoms in total. The van der Waals surface area contributed by atoms with Crippen LogP contribution in [0, 0.1) is 6.92 Å². The summed E-state index contributed by atoms with van der Waals surface area (Å²) in [6.07, 6.45) is 0. The first kappa shape index (κ1) is 6.81. The van der Waals surface area contributed by atoms with Crippen LogP contribution in [0.15, 0.2) is 24.8 Å². The molecule has 0 saturated heterocycles. The third-order valence-electron chi connectivity index (χ3n) is 1.18. The first-order valence-corrected chi connectivity index (χ1v) is 3.02. The van der Waals surface area contributed by atoms with Crippen LogP contribution < -0.4 is 0 Å². The molecular formula is C8H9NO. The van der Waals surface area contributed by atoms with E-state index in [1.807, 2.05) is 19.1 Å². The van der Waals surface area contributed by atoms with Crippen molar-refractivity contribution in [2.45, 2.75) is 6.92 Å². The third-order valence-corrected chi connectivity index (χ3v) is 1.18. The smallest absolute Gasteiger partial charge is 0.134 e. The SMILES string of the molecule is C=C(O)c1cccc(C)n1. The van der Waals surface area contributed by atoms with Gasteiger partial charge in [-0.25, -0.2) is 4.98 Å². The molecule has 0 unspecified atom stereocenters. The Kier molecular flexibility index (Phi) is 1.71. The van der Waals surface area contributed by atoms with Gasteiger partial charge < -0.3 is 5.11 Å². The normalized spacial score (nSPS) is 9.30. The van der Waals surface area contributed by atoms with Crippen molar-refractivity contribution in [1.82, 2.24) is 4.98 Å². The molecule has 0 aliphatic rings. The highest BCUT2D eigenvalue weighted by atomic mass is 16.3. The zero-order valence-corrected chi connectivity index (χ0v) is 5.83. The number of hydrogen-bond donors (Lipinski definition) is 1. The number of aliphatic hydroxyl groups is 1. The molecule has 2 heteroatoms. The van der Waals surface area contributed by atoms with Gasteiger partial charge in [0, 0.05) is 5.69 Å². The number of aromatic nitrogens is 1. The Balaban J connectivity index is 3.07. The van der Waals surface area contributed by atoms with Crippen molar-refractivity contribution in [3.63, 3.8) is 0 Å². The Morgan fingerprint density at radius 3 is 2.70 bits per heavy atom. The van der Waals surface area contributed by atoms with Crippen LogP contribution in [-0.2, 0) is 0 Å². The first-order valence-electron chi connectivity index (χ1n) is 3.02. The number of pyridine rings is 1. The topological polar surface area (TPSA) is 33.1 Å². The standard InChI is InChI=1S/C8H9NO/c1-6-4-3-5-8(9-6)7(2)10/h3-5,10H,2H2,1H3. The van der Waals surface area contributed by atoms with E-state index < -0.39 is 0 Å². The molecule has 1 aromatic heterocycles. The molecule has 0 spiro atoms. The second-order valence-electron chi connectivity index (χ2n) is 2.11. The maximum atomic E-state index is 8.89. The molecule has 10 heavy (non-hydrogen) atoms. The largest absolute Gasteiger partial charge is 0.506 e. The predicted molar refractivity (Wildman–Crippen MR) is 40.6 cm³/mol. The highest BCUT2D eigenvalue weighted by Gasteiger charge is 1.94. The monoisotopic (exact) mass is 135 g/mol. The van der Waals surface area contributed by atoms with Crippen LogP contribution in [0.25, 0.3) is 5.76 Å². The van der Waals surface area contributed by atoms with Gasteiger partial charge in [0.05, 0.1) is 0 Å². The summed E-state index contributed by atoms with van der Waals surface area (Å²) < 4.78 is 0. The van der Waals surface area contributed by atoms with Gasteiger partial charge in [0.2, 0.25) is 0 Å². The Morgan fingerprint density at radius 1 is 1.60 bits per heavy atom. The first-order chi connectivity index (χ1) is 4.70. The van der Waals surface area contributed by atoms with Crippen molar-refractivity contribution in [2.24, 2.45) is 0 Å². The van der Waals surface area contributed by atoms with Crippen LogP contribution >= 0.6 is 0 Å². The quantitative estimate of drug-likeness (QED) is 0.597. The van der Waals surface area contributed by atoms with Gasteiger partial charge in [-0.1, -0.05) is 12.6 Å². The van der Waals surface area contributed by atoms with Crippen molar-refractivity contribution in [2.75, 3.05) is 0 Å². The zero-order valence-electron chi connectivity index (χ0n) is 5.83. The second-order valence-corrected chi connectivity index (χ2v) is 2.11. The average molecular weight is 135 g/mol. The summed E-state index contributed by atoms with van der Waals surface area (Å²) >= 11 is 0. The Morgan fingerprint density at radius 2 is 2.30 bits per heavy atom. The van der Waals surface area contributed by atoms with E-state index in [0.717, 1.165) is 5.69 Å². The van der Waals surface area contributed by atoms with Gasteiger partial charge in [-0.05, 0) is 19.1 Å². The van der Waals surface area contributed by atoms with E-state index in [9.17, 15) is 0 Å². The summed E-state index contributed by atoms with van der Waals surface area (Å²) in [7, 11) is 0. The third kappa shape index (κ3) is 1.35. The van der Waals surface area contributed by atoms with Crippen molar-refractivity contribution >= 4 is 5.76 Å². The van der Waals surface area contributed by atoms with Gasteiger partial charge in [-0.2, -0.15) is 0 Å². The minimum atomic E-state index is 0.0173. The molecule has 0 saturated carbocycles. The van der Waals surface area contributed by atoms with Crippen molar-refractivity contribution < 1.29 is 5.11 Å². The van der Waals surface area contributed by atoms with Crippen LogP contribution in [-0.4, -0.2) is 10.1 Å². The summed E-state index contributed by atoms with van der Waals surface area (Å²) in [5.74, 6) is 0.0173. The van der Waals surface area contributed by atoms with E-state index >= 15 is 0 Å². The molecule has 1 N–H and O–H groups in total. The zero-order chi connectivity index (χ0) is 7.56. The molecule has 1 aromatic rings. The van der Waals surface area contributed by atoms with E-state index in [-0.39, 0.29) is 5.76 Å². The second kappa shape index (κ2) is 2.52. The Labute approximate surface area is 59.9 Å². The number of rotatable bonds is 1. The molecule has 0 aliphatic heterocycles. The van der Waals surface area contributed by atoms with Gasteiger partial charge in [-0.3, -0.25) is 0 Å². The molecule has 0 atom stereocenters. The summed E-state index contributed by atoms with van der Waals surface area (Å²) in [5, 5.41) is 8.89. The van der Waals surface area contributed by atoms with Gasteiger partial charge in [0.1, 0.15) is 11.5 Å². The predicted octanol–water partition coefficient (Wildman–Crippen LogP) is 1.92. The van der Waals surface area contributed by atoms with Gasteiger partial charge >= 0.3 is 0 Å². The highest BCUT2D eigenvalue weighted by molar-refractivity contribution is 5.51. The minimum Gasteiger partial charge on any atom is -0.506 e. The van der Waals surface area contributed by atoms with Crippen LogP contribution in [0.5, 0.6) is 0 Å². The van der Waals surface area contributed by atoms with Crippen molar-refractivity contribution in [3.05, 3.63) is 36.2 Å². The maximum Gasteiger partial charge on any atom is 0.134 e. The summed E-state index contributed by atoms with van der Waals surface area (Å²) in [6, 6.07) is 5.42. The molecule has 0 bridgehead atoms. The molecule has 0 amide bonds. The van der Waals surface area contributed by atoms with E-state index in [2.05, 4.69) is 11.6 Å². The summed E-state index contributed by atoms with van der Waals surface area (Å²) in [4.78, 5) is 4.02. The van der Waals surface area contributed by atoms with Crippen molar-refractivity contribution in [1.29, 1.82) is 0 Å². The lowest BCUT2D eigenvalue weighted by molar-refractivity contribution is 0.510. The fourth-order valence-corrected chi connectivity index (χ4v) is 0.704. The number of aliphatic hydroxyl groups excluding tert-OH is 1. The summed E-state index contributed by atoms with van der Waals surface area (Å²) in [5.41, 5.74) is 1.42. The Hall–Kier alpha value is -1.31. The van der Waals surface area contributed by atoms with Crippen LogP contribution in [0.2, 0.25) is 0 Å². The Bertz CT molecular complexity index is 255. The molecule has 1 rings (SSSR count). The lowest BCUT2D eigenvalue weighted by Gasteiger charge is -1.96. The molecule has 52 valence electrons. The van der Waals surface area contributed by atoms with Gasteiger partial charge in [0.25, 0.3) is 0 Å². The average Bonchev–Trinajstić information content (AvgIpc) is 1.88. The van der Waals surface area contributed by atoms with E-state index in [4.69, 9.17) is 5.11 Å². The molecule has 0 aliphatic carbocycles. The van der Waals surface area contributed by atoms with Crippen LogP contribution in [0.1, 0.15) is 11.4 Å². The lowest BCUT2D eigenvalue weighted by Crippen LogP contribution is -1.87. The summed E-state index contributed by atoms with van der Waals surface area (Å²) in [6.45, 7) is 5.23. The van der Waals surface area contributed by atoms with Gasteiger partial charge in [-0.15, -0.1) is 0 Å². The van der Waals surface area contributed by atoms with E-state index in [1.165, 1.54) is 0 Å². The van der Waals surface area contributed by atoms with Gasteiger partial charge in [0.15, 0.2) is 0 Å². The molecule has 1 heterocycles. The number of hydrogen-bond acceptors (Lipinski definition) is 2. The molecule has 0 fully saturated rings. The van der Waals surface area contributed by atoms with Crippen molar-refractivity contribution in [3.8, 4) is 0 Å². The van der Waals surface area contributed by atoms with Crippen LogP contribution in [0.3, 0.4) is 0 Å². The molecule has 0 aromatic carbocycles. The number of nitrogens with zero attached hydrogens (tertiary/aromatic N) is 1. The lowest BCUT2D eigenvalue weighted by atomic mass is 10.3. The maximum absolute atomic E-state index is 8.89. The number of aryl methyl sites for hydroxylation is 1.